The Balaban J connectivity index is 0.802. The SMILES string of the molecule is Nc1ccc(OCCOCCOCCOCCOCCOCCOCCOCCOCCCNC(=O)OCC2c3ccccc3-c3ccccc32)cc1. The number of rotatable bonds is 31. The average molecular weight is 741 g/mol. The van der Waals surface area contributed by atoms with E-state index in [9.17, 15) is 4.79 Å². The monoisotopic (exact) mass is 740 g/mol. The van der Waals surface area contributed by atoms with Crippen molar-refractivity contribution < 1.29 is 52.2 Å². The summed E-state index contributed by atoms with van der Waals surface area (Å²) in [6, 6.07) is 23.8. The fourth-order valence-corrected chi connectivity index (χ4v) is 5.44. The summed E-state index contributed by atoms with van der Waals surface area (Å²) < 4.78 is 55.2. The third kappa shape index (κ3) is 17.3. The lowest BCUT2D eigenvalue weighted by Gasteiger charge is -2.14. The van der Waals surface area contributed by atoms with Gasteiger partial charge in [0.25, 0.3) is 0 Å². The number of carbonyl (C=O) groups is 1. The molecule has 13 heteroatoms. The van der Waals surface area contributed by atoms with Crippen LogP contribution in [0.3, 0.4) is 0 Å². The van der Waals surface area contributed by atoms with E-state index in [1.54, 1.807) is 12.1 Å². The molecule has 1 amide bonds. The zero-order valence-corrected chi connectivity index (χ0v) is 30.7. The van der Waals surface area contributed by atoms with Crippen LogP contribution in [0.5, 0.6) is 5.75 Å². The predicted molar refractivity (Wildman–Crippen MR) is 201 cm³/mol. The fourth-order valence-electron chi connectivity index (χ4n) is 5.44. The molecule has 3 aromatic rings. The zero-order valence-electron chi connectivity index (χ0n) is 30.7. The summed E-state index contributed by atoms with van der Waals surface area (Å²) in [5.41, 5.74) is 11.2. The number of nitrogens with two attached hydrogens (primary N) is 1. The Morgan fingerprint density at radius 1 is 0.509 bits per heavy atom. The standard InChI is InChI=1S/C40H56N2O11/c41-33-10-12-34(13-11-33)52-31-30-51-29-28-50-27-26-49-25-24-48-23-22-47-21-20-46-19-18-45-17-16-44-15-5-14-42-40(43)53-32-39-37-8-3-1-6-35(37)36-7-2-4-9-38(36)39/h1-4,6-13,39H,5,14-32,41H2,(H,42,43). The summed E-state index contributed by atoms with van der Waals surface area (Å²) >= 11 is 0. The summed E-state index contributed by atoms with van der Waals surface area (Å²) in [6.45, 7) is 9.15. The number of benzene rings is 3. The number of amides is 1. The third-order valence-corrected chi connectivity index (χ3v) is 8.06. The van der Waals surface area contributed by atoms with Gasteiger partial charge in [0, 0.05) is 24.8 Å². The first-order valence-corrected chi connectivity index (χ1v) is 18.4. The quantitative estimate of drug-likeness (QED) is 0.0696. The fraction of sp³-hybridized carbons (Fsp3) is 0.525. The van der Waals surface area contributed by atoms with Gasteiger partial charge in [0.1, 0.15) is 19.0 Å². The lowest BCUT2D eigenvalue weighted by molar-refractivity contribution is -0.0236. The number of ether oxygens (including phenoxy) is 10. The normalized spacial score (nSPS) is 12.1. The van der Waals surface area contributed by atoms with Crippen LogP contribution in [-0.2, 0) is 42.6 Å². The third-order valence-electron chi connectivity index (χ3n) is 8.06. The number of nitrogens with one attached hydrogen (secondary N) is 1. The molecule has 0 radical (unpaired) electrons. The van der Waals surface area contributed by atoms with E-state index in [0.29, 0.717) is 138 Å². The van der Waals surface area contributed by atoms with Crippen LogP contribution in [0.2, 0.25) is 0 Å². The molecule has 0 saturated carbocycles. The van der Waals surface area contributed by atoms with Crippen LogP contribution in [0.4, 0.5) is 10.5 Å². The van der Waals surface area contributed by atoms with E-state index >= 15 is 0 Å². The molecule has 0 unspecified atom stereocenters. The number of nitrogen functional groups attached to an aromatic ring is 1. The zero-order chi connectivity index (χ0) is 37.0. The van der Waals surface area contributed by atoms with E-state index in [4.69, 9.17) is 53.1 Å². The number of alkyl carbamates (subject to hydrolysis) is 1. The minimum absolute atomic E-state index is 0.0497. The van der Waals surface area contributed by atoms with Crippen molar-refractivity contribution >= 4 is 11.8 Å². The van der Waals surface area contributed by atoms with Crippen LogP contribution in [0.25, 0.3) is 11.1 Å². The molecule has 3 N–H and O–H groups in total. The minimum atomic E-state index is -0.415. The van der Waals surface area contributed by atoms with Crippen molar-refractivity contribution in [1.29, 1.82) is 0 Å². The van der Waals surface area contributed by atoms with E-state index in [-0.39, 0.29) is 5.92 Å². The molecule has 0 aromatic heterocycles. The van der Waals surface area contributed by atoms with Gasteiger partial charge in [0.05, 0.1) is 99.1 Å². The Kier molecular flexibility index (Phi) is 21.3. The van der Waals surface area contributed by atoms with E-state index in [1.807, 2.05) is 36.4 Å². The second-order valence-corrected chi connectivity index (χ2v) is 11.9. The molecular weight excluding hydrogens is 684 g/mol. The Labute approximate surface area is 313 Å². The van der Waals surface area contributed by atoms with Gasteiger partial charge < -0.3 is 58.4 Å². The van der Waals surface area contributed by atoms with Crippen molar-refractivity contribution in [3.8, 4) is 16.9 Å². The first kappa shape index (κ1) is 42.0. The van der Waals surface area contributed by atoms with E-state index < -0.39 is 6.09 Å². The number of hydrogen-bond acceptors (Lipinski definition) is 12. The smallest absolute Gasteiger partial charge is 0.407 e. The van der Waals surface area contributed by atoms with Gasteiger partial charge in [-0.3, -0.25) is 0 Å². The topological polar surface area (TPSA) is 147 Å². The van der Waals surface area contributed by atoms with E-state index in [0.717, 1.165) is 5.75 Å². The van der Waals surface area contributed by atoms with Gasteiger partial charge in [-0.25, -0.2) is 4.79 Å². The van der Waals surface area contributed by atoms with Crippen molar-refractivity contribution in [2.24, 2.45) is 0 Å². The van der Waals surface area contributed by atoms with Crippen molar-refractivity contribution in [3.05, 3.63) is 83.9 Å². The molecule has 292 valence electrons. The number of carbonyl (C=O) groups excluding carboxylic acids is 1. The van der Waals surface area contributed by atoms with Gasteiger partial charge in [-0.15, -0.1) is 0 Å². The molecule has 0 saturated heterocycles. The molecule has 3 aromatic carbocycles. The molecule has 53 heavy (non-hydrogen) atoms. The van der Waals surface area contributed by atoms with Gasteiger partial charge in [0.15, 0.2) is 0 Å². The highest BCUT2D eigenvalue weighted by molar-refractivity contribution is 5.79. The Morgan fingerprint density at radius 3 is 1.36 bits per heavy atom. The maximum atomic E-state index is 12.3. The molecule has 1 aliphatic carbocycles. The number of anilines is 1. The number of hydrogen-bond donors (Lipinski definition) is 2. The van der Waals surface area contributed by atoms with Crippen LogP contribution < -0.4 is 15.8 Å². The summed E-state index contributed by atoms with van der Waals surface area (Å²) in [4.78, 5) is 12.3. The second-order valence-electron chi connectivity index (χ2n) is 11.9. The predicted octanol–water partition coefficient (Wildman–Crippen LogP) is 4.71. The molecular formula is C40H56N2O11. The summed E-state index contributed by atoms with van der Waals surface area (Å²) in [7, 11) is 0. The average Bonchev–Trinajstić information content (AvgIpc) is 3.50. The van der Waals surface area contributed by atoms with Gasteiger partial charge in [-0.1, -0.05) is 48.5 Å². The van der Waals surface area contributed by atoms with Crippen LogP contribution in [-0.4, -0.2) is 132 Å². The molecule has 0 fully saturated rings. The molecule has 0 aliphatic heterocycles. The first-order valence-electron chi connectivity index (χ1n) is 18.4. The second kappa shape index (κ2) is 26.9. The highest BCUT2D eigenvalue weighted by Crippen LogP contribution is 2.44. The van der Waals surface area contributed by atoms with Crippen molar-refractivity contribution in [1.82, 2.24) is 5.32 Å². The lowest BCUT2D eigenvalue weighted by atomic mass is 9.98. The minimum Gasteiger partial charge on any atom is -0.491 e. The van der Waals surface area contributed by atoms with Crippen LogP contribution in [0, 0.1) is 0 Å². The van der Waals surface area contributed by atoms with Crippen LogP contribution in [0.15, 0.2) is 72.8 Å². The maximum Gasteiger partial charge on any atom is 0.407 e. The highest BCUT2D eigenvalue weighted by Gasteiger charge is 2.28. The Bertz CT molecular complexity index is 1350. The lowest BCUT2D eigenvalue weighted by Crippen LogP contribution is -2.27. The molecule has 0 bridgehead atoms. The van der Waals surface area contributed by atoms with Crippen molar-refractivity contribution in [2.45, 2.75) is 12.3 Å². The van der Waals surface area contributed by atoms with Gasteiger partial charge in [-0.05, 0) is 52.9 Å². The number of fused-ring (bicyclic) bond motifs is 3. The Hall–Kier alpha value is -3.79. The van der Waals surface area contributed by atoms with Crippen molar-refractivity contribution in [3.63, 3.8) is 0 Å². The van der Waals surface area contributed by atoms with Gasteiger partial charge in [-0.2, -0.15) is 0 Å². The largest absolute Gasteiger partial charge is 0.491 e. The van der Waals surface area contributed by atoms with E-state index in [2.05, 4.69) is 29.6 Å². The summed E-state index contributed by atoms with van der Waals surface area (Å²) in [5, 5.41) is 2.81. The molecule has 0 heterocycles. The highest BCUT2D eigenvalue weighted by atomic mass is 16.6. The summed E-state index contributed by atoms with van der Waals surface area (Å²) in [5.74, 6) is 0.818. The molecule has 0 atom stereocenters. The van der Waals surface area contributed by atoms with Gasteiger partial charge in [0.2, 0.25) is 0 Å². The van der Waals surface area contributed by atoms with Crippen molar-refractivity contribution in [2.75, 3.05) is 131 Å². The van der Waals surface area contributed by atoms with Crippen LogP contribution >= 0.6 is 0 Å². The molecule has 13 nitrogen and oxygen atoms in total. The molecule has 4 rings (SSSR count). The van der Waals surface area contributed by atoms with Gasteiger partial charge >= 0.3 is 6.09 Å². The molecule has 0 spiro atoms. The Morgan fingerprint density at radius 2 is 0.906 bits per heavy atom. The van der Waals surface area contributed by atoms with E-state index in [1.165, 1.54) is 22.3 Å². The van der Waals surface area contributed by atoms with Crippen LogP contribution in [0.1, 0.15) is 23.5 Å². The maximum absolute atomic E-state index is 12.3. The first-order chi connectivity index (χ1) is 26.2. The molecule has 1 aliphatic rings. The summed E-state index contributed by atoms with van der Waals surface area (Å²) in [6.07, 6.45) is 0.270.